The van der Waals surface area contributed by atoms with Crippen molar-refractivity contribution in [1.82, 2.24) is 10.9 Å². The third-order valence-corrected chi connectivity index (χ3v) is 4.92. The maximum absolute atomic E-state index is 12.0. The van der Waals surface area contributed by atoms with Crippen molar-refractivity contribution < 1.29 is 19.1 Å². The number of nitrogens with one attached hydrogen (secondary N) is 2. The van der Waals surface area contributed by atoms with Crippen molar-refractivity contribution in [2.24, 2.45) is 0 Å². The molecule has 0 heterocycles. The van der Waals surface area contributed by atoms with Gasteiger partial charge < -0.3 is 9.47 Å². The van der Waals surface area contributed by atoms with Crippen molar-refractivity contribution in [3.05, 3.63) is 59.2 Å². The van der Waals surface area contributed by atoms with Crippen LogP contribution in [-0.4, -0.2) is 25.0 Å². The number of benzene rings is 2. The molecule has 0 bridgehead atoms. The number of hydrogen-bond donors (Lipinski definition) is 2. The Kier molecular flexibility index (Phi) is 8.71. The molecule has 0 saturated heterocycles. The summed E-state index contributed by atoms with van der Waals surface area (Å²) in [4.78, 5) is 23.9. The average molecular weight is 413 g/mol. The molecule has 0 aliphatic heterocycles. The van der Waals surface area contributed by atoms with E-state index < -0.39 is 11.8 Å². The van der Waals surface area contributed by atoms with E-state index in [0.29, 0.717) is 17.4 Å². The Labute approximate surface area is 178 Å². The molecule has 0 aromatic heterocycles. The largest absolute Gasteiger partial charge is 0.484 e. The molecule has 0 aliphatic rings. The van der Waals surface area contributed by atoms with Crippen molar-refractivity contribution in [2.75, 3.05) is 13.2 Å². The minimum absolute atomic E-state index is 0.193. The van der Waals surface area contributed by atoms with Crippen molar-refractivity contribution in [2.45, 2.75) is 52.9 Å². The highest BCUT2D eigenvalue weighted by molar-refractivity contribution is 5.83. The second kappa shape index (κ2) is 11.2. The van der Waals surface area contributed by atoms with Crippen LogP contribution in [0, 0.1) is 6.92 Å². The van der Waals surface area contributed by atoms with E-state index in [-0.39, 0.29) is 19.1 Å². The van der Waals surface area contributed by atoms with Crippen LogP contribution in [-0.2, 0) is 9.59 Å². The molecule has 2 aromatic carbocycles. The Balaban J connectivity index is 1.74. The zero-order chi connectivity index (χ0) is 22.1. The molecule has 2 amide bonds. The van der Waals surface area contributed by atoms with E-state index >= 15 is 0 Å². The van der Waals surface area contributed by atoms with Gasteiger partial charge in [0.25, 0.3) is 11.8 Å². The molecule has 0 saturated carbocycles. The smallest absolute Gasteiger partial charge is 0.276 e. The fourth-order valence-electron chi connectivity index (χ4n) is 2.88. The zero-order valence-electron chi connectivity index (χ0n) is 18.5. The normalized spacial score (nSPS) is 11.7. The van der Waals surface area contributed by atoms with Gasteiger partial charge in [0.1, 0.15) is 11.5 Å². The van der Waals surface area contributed by atoms with Gasteiger partial charge in [0.15, 0.2) is 13.2 Å². The van der Waals surface area contributed by atoms with Gasteiger partial charge in [-0.15, -0.1) is 0 Å². The van der Waals surface area contributed by atoms with Crippen LogP contribution in [0.15, 0.2) is 42.5 Å². The fraction of sp³-hybridized carbons (Fsp3) is 0.417. The van der Waals surface area contributed by atoms with Crippen molar-refractivity contribution in [1.29, 1.82) is 0 Å². The first-order valence-corrected chi connectivity index (χ1v) is 10.3. The van der Waals surface area contributed by atoms with Gasteiger partial charge >= 0.3 is 0 Å². The number of carbonyl (C=O) groups is 2. The molecule has 6 nitrogen and oxygen atoms in total. The Hall–Kier alpha value is -3.02. The van der Waals surface area contributed by atoms with Crippen molar-refractivity contribution >= 4 is 11.8 Å². The fourth-order valence-corrected chi connectivity index (χ4v) is 2.88. The third-order valence-electron chi connectivity index (χ3n) is 4.92. The van der Waals surface area contributed by atoms with Crippen LogP contribution in [0.4, 0.5) is 0 Å². The molecular weight excluding hydrogens is 380 g/mol. The first-order valence-electron chi connectivity index (χ1n) is 10.3. The quantitative estimate of drug-likeness (QED) is 0.604. The van der Waals surface area contributed by atoms with E-state index in [4.69, 9.17) is 9.47 Å². The maximum atomic E-state index is 12.0. The lowest BCUT2D eigenvalue weighted by Crippen LogP contribution is -2.45. The summed E-state index contributed by atoms with van der Waals surface area (Å²) in [5, 5.41) is 0. The summed E-state index contributed by atoms with van der Waals surface area (Å²) >= 11 is 0. The highest BCUT2D eigenvalue weighted by Crippen LogP contribution is 2.27. The van der Waals surface area contributed by atoms with Gasteiger partial charge in [-0.05, 0) is 60.1 Å². The molecule has 2 N–H and O–H groups in total. The topological polar surface area (TPSA) is 76.7 Å². The van der Waals surface area contributed by atoms with Gasteiger partial charge in [0, 0.05) is 0 Å². The van der Waals surface area contributed by atoms with Gasteiger partial charge in [-0.3, -0.25) is 20.4 Å². The summed E-state index contributed by atoms with van der Waals surface area (Å²) in [5.74, 6) is 1.14. The minimum atomic E-state index is -0.451. The van der Waals surface area contributed by atoms with Gasteiger partial charge in [-0.25, -0.2) is 0 Å². The van der Waals surface area contributed by atoms with E-state index in [1.807, 2.05) is 49.4 Å². The molecule has 0 fully saturated rings. The maximum Gasteiger partial charge on any atom is 0.276 e. The minimum Gasteiger partial charge on any atom is -0.484 e. The first kappa shape index (κ1) is 23.3. The lowest BCUT2D eigenvalue weighted by Gasteiger charge is -2.15. The Morgan fingerprint density at radius 2 is 1.50 bits per heavy atom. The molecular formula is C24H32N2O4. The predicted octanol–water partition coefficient (Wildman–Crippen LogP) is 4.24. The van der Waals surface area contributed by atoms with Crippen LogP contribution in [0.3, 0.4) is 0 Å². The number of carbonyl (C=O) groups excluding carboxylic acids is 2. The van der Waals surface area contributed by atoms with Gasteiger partial charge in [-0.2, -0.15) is 0 Å². The van der Waals surface area contributed by atoms with Crippen LogP contribution < -0.4 is 20.3 Å². The van der Waals surface area contributed by atoms with Gasteiger partial charge in [-0.1, -0.05) is 52.0 Å². The molecule has 0 spiro atoms. The summed E-state index contributed by atoms with van der Waals surface area (Å²) in [5.41, 5.74) is 7.99. The van der Waals surface area contributed by atoms with Crippen LogP contribution in [0.1, 0.15) is 62.6 Å². The number of hydrogen-bond acceptors (Lipinski definition) is 4. The second-order valence-corrected chi connectivity index (χ2v) is 7.75. The van der Waals surface area contributed by atoms with Crippen LogP contribution in [0.2, 0.25) is 0 Å². The lowest BCUT2D eigenvalue weighted by molar-refractivity contribution is -0.131. The molecule has 0 aliphatic carbocycles. The van der Waals surface area contributed by atoms with Crippen molar-refractivity contribution in [3.8, 4) is 11.5 Å². The first-order chi connectivity index (χ1) is 14.3. The summed E-state index contributed by atoms with van der Waals surface area (Å²) < 4.78 is 11.1. The standard InChI is InChI=1S/C24H32N2O4/c1-6-18(5)19-8-10-20(11-9-19)29-14-23(27)25-26-24(28)15-30-22-13-17(4)7-12-21(22)16(2)3/h7-13,16,18H,6,14-15H2,1-5H3,(H,25,27)(H,26,28). The number of ether oxygens (including phenoxy) is 2. The highest BCUT2D eigenvalue weighted by Gasteiger charge is 2.11. The number of hydrazine groups is 1. The summed E-state index contributed by atoms with van der Waals surface area (Å²) in [7, 11) is 0. The molecule has 162 valence electrons. The summed E-state index contributed by atoms with van der Waals surface area (Å²) in [6.45, 7) is 10.0. The number of rotatable bonds is 9. The van der Waals surface area contributed by atoms with Crippen LogP contribution in [0.25, 0.3) is 0 Å². The Morgan fingerprint density at radius 3 is 2.07 bits per heavy atom. The Bertz CT molecular complexity index is 847. The SMILES string of the molecule is CCC(C)c1ccc(OCC(=O)NNC(=O)COc2cc(C)ccc2C(C)C)cc1. The molecule has 2 aromatic rings. The molecule has 1 atom stereocenters. The summed E-state index contributed by atoms with van der Waals surface area (Å²) in [6.07, 6.45) is 1.06. The zero-order valence-corrected chi connectivity index (χ0v) is 18.5. The Morgan fingerprint density at radius 1 is 0.900 bits per heavy atom. The second-order valence-electron chi connectivity index (χ2n) is 7.75. The third kappa shape index (κ3) is 7.10. The van der Waals surface area contributed by atoms with Gasteiger partial charge in [0.2, 0.25) is 0 Å². The van der Waals surface area contributed by atoms with E-state index in [1.165, 1.54) is 5.56 Å². The predicted molar refractivity (Wildman–Crippen MR) is 118 cm³/mol. The molecule has 1 unspecified atom stereocenters. The monoisotopic (exact) mass is 412 g/mol. The van der Waals surface area contributed by atoms with E-state index in [2.05, 4.69) is 38.5 Å². The van der Waals surface area contributed by atoms with Crippen LogP contribution in [0.5, 0.6) is 11.5 Å². The molecule has 30 heavy (non-hydrogen) atoms. The molecule has 6 heteroatoms. The number of aryl methyl sites for hydroxylation is 1. The van der Waals surface area contributed by atoms with E-state index in [0.717, 1.165) is 17.5 Å². The van der Waals surface area contributed by atoms with Crippen molar-refractivity contribution in [3.63, 3.8) is 0 Å². The molecule has 2 rings (SSSR count). The lowest BCUT2D eigenvalue weighted by atomic mass is 9.99. The van der Waals surface area contributed by atoms with Crippen LogP contribution >= 0.6 is 0 Å². The van der Waals surface area contributed by atoms with E-state index in [9.17, 15) is 9.59 Å². The molecule has 0 radical (unpaired) electrons. The number of amides is 2. The highest BCUT2D eigenvalue weighted by atomic mass is 16.5. The van der Waals surface area contributed by atoms with E-state index in [1.54, 1.807) is 0 Å². The summed E-state index contributed by atoms with van der Waals surface area (Å²) in [6, 6.07) is 13.6. The van der Waals surface area contributed by atoms with Gasteiger partial charge in [0.05, 0.1) is 0 Å². The average Bonchev–Trinajstić information content (AvgIpc) is 2.74.